The van der Waals surface area contributed by atoms with Gasteiger partial charge in [-0.2, -0.15) is 5.26 Å². The lowest BCUT2D eigenvalue weighted by atomic mass is 9.93. The molecule has 7 nitrogen and oxygen atoms in total. The van der Waals surface area contributed by atoms with Gasteiger partial charge in [0.15, 0.2) is 0 Å². The van der Waals surface area contributed by atoms with E-state index in [4.69, 9.17) is 22.2 Å². The van der Waals surface area contributed by atoms with Gasteiger partial charge in [0, 0.05) is 24.1 Å². The summed E-state index contributed by atoms with van der Waals surface area (Å²) >= 11 is 0. The number of nitrogens with two attached hydrogens (primary N) is 2. The average Bonchev–Trinajstić information content (AvgIpc) is 2.94. The first-order valence-electron chi connectivity index (χ1n) is 13.5. The Morgan fingerprint density at radius 2 is 1.87 bits per heavy atom. The van der Waals surface area contributed by atoms with Crippen LogP contribution in [0.1, 0.15) is 54.4 Å². The summed E-state index contributed by atoms with van der Waals surface area (Å²) in [6.07, 6.45) is 15.0. The van der Waals surface area contributed by atoms with Crippen molar-refractivity contribution in [2.75, 3.05) is 44.4 Å². The van der Waals surface area contributed by atoms with E-state index >= 15 is 0 Å². The normalized spacial score (nSPS) is 15.2. The maximum Gasteiger partial charge on any atom is 0.0994 e. The molecular weight excluding hydrogens is 470 g/mol. The number of nitrogens with one attached hydrogen (secondary N) is 3. The Labute approximate surface area is 229 Å². The zero-order chi connectivity index (χ0) is 27.8. The van der Waals surface area contributed by atoms with Crippen molar-refractivity contribution in [1.29, 1.82) is 10.7 Å². The van der Waals surface area contributed by atoms with Crippen LogP contribution < -0.4 is 22.3 Å². The molecule has 4 rings (SSSR count). The van der Waals surface area contributed by atoms with E-state index in [0.717, 1.165) is 34.0 Å². The molecule has 0 unspecified atom stereocenters. The number of rotatable bonds is 7. The number of hydrogen-bond acceptors (Lipinski definition) is 7. The molecule has 1 fully saturated rings. The topological polar surface area (TPSA) is 127 Å². The van der Waals surface area contributed by atoms with Gasteiger partial charge in [-0.3, -0.25) is 10.7 Å². The lowest BCUT2D eigenvalue weighted by molar-refractivity contribution is 0.192. The highest BCUT2D eigenvalue weighted by Gasteiger charge is 2.19. The molecule has 0 bridgehead atoms. The number of aryl methyl sites for hydroxylation is 2. The molecule has 0 atom stereocenters. The molecular formula is C31H45N7. The summed E-state index contributed by atoms with van der Waals surface area (Å²) in [5.74, 6) is 6.13. The fourth-order valence-corrected chi connectivity index (χ4v) is 4.56. The highest BCUT2D eigenvalue weighted by atomic mass is 15.2. The van der Waals surface area contributed by atoms with Crippen LogP contribution in [0.5, 0.6) is 0 Å². The van der Waals surface area contributed by atoms with Gasteiger partial charge in [-0.1, -0.05) is 24.3 Å². The van der Waals surface area contributed by atoms with Crippen LogP contribution in [0.2, 0.25) is 0 Å². The molecule has 204 valence electrons. The Hall–Kier alpha value is -3.44. The molecule has 7 heteroatoms. The third-order valence-electron chi connectivity index (χ3n) is 6.95. The fourth-order valence-electron chi connectivity index (χ4n) is 4.56. The summed E-state index contributed by atoms with van der Waals surface area (Å²) in [4.78, 5) is 2.62. The quantitative estimate of drug-likeness (QED) is 0.147. The van der Waals surface area contributed by atoms with Crippen molar-refractivity contribution in [2.24, 2.45) is 11.8 Å². The largest absolute Gasteiger partial charge is 0.399 e. The van der Waals surface area contributed by atoms with Gasteiger partial charge in [-0.15, -0.1) is 0 Å². The van der Waals surface area contributed by atoms with Crippen molar-refractivity contribution in [3.8, 4) is 6.07 Å². The van der Waals surface area contributed by atoms with E-state index in [-0.39, 0.29) is 0 Å². The molecule has 1 aliphatic heterocycles. The third kappa shape index (κ3) is 10.9. The van der Waals surface area contributed by atoms with Gasteiger partial charge < -0.3 is 21.9 Å². The average molecular weight is 516 g/mol. The lowest BCUT2D eigenvalue weighted by Gasteiger charge is -2.32. The molecule has 2 aromatic carbocycles. The highest BCUT2D eigenvalue weighted by molar-refractivity contribution is 5.79. The van der Waals surface area contributed by atoms with Crippen molar-refractivity contribution in [3.63, 3.8) is 0 Å². The number of anilines is 2. The number of hydrazine groups is 1. The van der Waals surface area contributed by atoms with Crippen molar-refractivity contribution in [3.05, 3.63) is 82.5 Å². The number of allylic oxidation sites excluding steroid dienone is 2. The van der Waals surface area contributed by atoms with Crippen molar-refractivity contribution in [2.45, 2.75) is 46.0 Å². The van der Waals surface area contributed by atoms with Crippen LogP contribution in [0.3, 0.4) is 0 Å². The first kappa shape index (κ1) is 30.8. The Balaban J connectivity index is 0.000000211. The molecule has 0 saturated carbocycles. The molecule has 7 N–H and O–H groups in total. The van der Waals surface area contributed by atoms with E-state index in [2.05, 4.69) is 47.0 Å². The van der Waals surface area contributed by atoms with Gasteiger partial charge in [-0.05, 0) is 131 Å². The second-order valence-electron chi connectivity index (χ2n) is 9.92. The number of nitrogens with zero attached hydrogens (tertiary/aromatic N) is 2. The molecule has 38 heavy (non-hydrogen) atoms. The summed E-state index contributed by atoms with van der Waals surface area (Å²) in [5.41, 5.74) is 14.7. The molecule has 0 radical (unpaired) electrons. The van der Waals surface area contributed by atoms with Crippen LogP contribution in [0.25, 0.3) is 0 Å². The maximum absolute atomic E-state index is 8.58. The SMILES string of the molecule is CNCCC1CCN(CC2=CCCC=C2)CC1.Cc1cc(N)ccc1C=N.Cc1cc(NN)ccc1C#N. The minimum absolute atomic E-state index is 0.684. The summed E-state index contributed by atoms with van der Waals surface area (Å²) in [7, 11) is 2.05. The maximum atomic E-state index is 8.58. The molecule has 0 amide bonds. The van der Waals surface area contributed by atoms with Crippen LogP contribution >= 0.6 is 0 Å². The number of benzene rings is 2. The van der Waals surface area contributed by atoms with Crippen LogP contribution in [0.15, 0.2) is 60.2 Å². The van der Waals surface area contributed by atoms with Crippen LogP contribution in [0.4, 0.5) is 11.4 Å². The number of piperidine rings is 1. The molecule has 1 heterocycles. The molecule has 0 spiro atoms. The first-order chi connectivity index (χ1) is 18.4. The van der Waals surface area contributed by atoms with Crippen molar-refractivity contribution in [1.82, 2.24) is 10.2 Å². The molecule has 1 aliphatic carbocycles. The zero-order valence-corrected chi connectivity index (χ0v) is 23.3. The van der Waals surface area contributed by atoms with Gasteiger partial charge in [0.25, 0.3) is 0 Å². The number of nitrogen functional groups attached to an aromatic ring is 2. The fraction of sp³-hybridized carbons (Fsp3) is 0.419. The van der Waals surface area contributed by atoms with Gasteiger partial charge in [0.2, 0.25) is 0 Å². The van der Waals surface area contributed by atoms with Crippen LogP contribution in [-0.4, -0.2) is 44.3 Å². The molecule has 1 saturated heterocycles. The summed E-state index contributed by atoms with van der Waals surface area (Å²) in [5, 5.41) is 18.8. The van der Waals surface area contributed by atoms with Crippen LogP contribution in [0, 0.1) is 36.5 Å². The van der Waals surface area contributed by atoms with Gasteiger partial charge in [-0.25, -0.2) is 0 Å². The highest BCUT2D eigenvalue weighted by Crippen LogP contribution is 2.21. The van der Waals surface area contributed by atoms with Gasteiger partial charge in [0.1, 0.15) is 0 Å². The monoisotopic (exact) mass is 515 g/mol. The molecule has 2 aromatic rings. The second kappa shape index (κ2) is 17.1. The van der Waals surface area contributed by atoms with Crippen molar-refractivity contribution >= 4 is 17.6 Å². The number of likely N-dealkylation sites (tertiary alicyclic amines) is 1. The van der Waals surface area contributed by atoms with E-state index in [1.54, 1.807) is 18.2 Å². The standard InChI is InChI=1S/C15H26N2.C8H9N3.C8H10N2/c1-16-10-7-14-8-11-17(12-9-14)13-15-5-3-2-4-6-15;1-6-4-8(11-10)3-2-7(6)5-9;1-6-4-8(10)3-2-7(6)5-9/h3,5-6,14,16H,2,4,7-13H2,1H3;2-4,11H,10H2,1H3;2-5,9H,10H2,1H3. The molecule has 2 aliphatic rings. The van der Waals surface area contributed by atoms with E-state index in [0.29, 0.717) is 5.56 Å². The van der Waals surface area contributed by atoms with Gasteiger partial charge >= 0.3 is 0 Å². The number of nitriles is 1. The van der Waals surface area contributed by atoms with E-state index in [1.807, 2.05) is 32.0 Å². The van der Waals surface area contributed by atoms with Gasteiger partial charge in [0.05, 0.1) is 11.6 Å². The van der Waals surface area contributed by atoms with Crippen LogP contribution in [-0.2, 0) is 0 Å². The van der Waals surface area contributed by atoms with E-state index in [9.17, 15) is 0 Å². The van der Waals surface area contributed by atoms with E-state index in [1.165, 1.54) is 70.1 Å². The minimum Gasteiger partial charge on any atom is -0.399 e. The number of hydrogen-bond donors (Lipinski definition) is 5. The predicted octanol–water partition coefficient (Wildman–Crippen LogP) is 5.31. The second-order valence-corrected chi connectivity index (χ2v) is 9.92. The Kier molecular flexibility index (Phi) is 13.9. The Morgan fingerprint density at radius 1 is 1.11 bits per heavy atom. The minimum atomic E-state index is 0.684. The van der Waals surface area contributed by atoms with E-state index < -0.39 is 0 Å². The predicted molar refractivity (Wildman–Crippen MR) is 161 cm³/mol. The molecule has 0 aromatic heterocycles. The summed E-state index contributed by atoms with van der Waals surface area (Å²) in [6, 6.07) is 12.9. The Bertz CT molecular complexity index is 1110. The van der Waals surface area contributed by atoms with Crippen molar-refractivity contribution < 1.29 is 0 Å². The summed E-state index contributed by atoms with van der Waals surface area (Å²) < 4.78 is 0. The smallest absolute Gasteiger partial charge is 0.0994 e. The third-order valence-corrected chi connectivity index (χ3v) is 6.95. The Morgan fingerprint density at radius 3 is 2.42 bits per heavy atom. The zero-order valence-electron chi connectivity index (χ0n) is 23.3. The summed E-state index contributed by atoms with van der Waals surface area (Å²) in [6.45, 7) is 8.75. The first-order valence-corrected chi connectivity index (χ1v) is 13.5. The lowest BCUT2D eigenvalue weighted by Crippen LogP contribution is -2.35.